The Morgan fingerprint density at radius 3 is 2.76 bits per heavy atom. The molecule has 29 heavy (non-hydrogen) atoms. The van der Waals surface area contributed by atoms with Gasteiger partial charge in [-0.15, -0.1) is 0 Å². The van der Waals surface area contributed by atoms with E-state index in [4.69, 9.17) is 4.98 Å². The maximum atomic E-state index is 10.6. The molecule has 1 aromatic heterocycles. The number of nitrogens with one attached hydrogen (secondary N) is 2. The number of nitrogens with zero attached hydrogens (tertiary/aromatic N) is 3. The summed E-state index contributed by atoms with van der Waals surface area (Å²) in [7, 11) is 4.33. The Morgan fingerprint density at radius 2 is 1.97 bits per heavy atom. The second kappa shape index (κ2) is 7.21. The molecule has 2 aromatic rings. The zero-order chi connectivity index (χ0) is 20.0. The fourth-order valence-corrected chi connectivity index (χ4v) is 4.49. The van der Waals surface area contributed by atoms with Crippen LogP contribution in [0.25, 0.3) is 16.6 Å². The molecule has 3 heterocycles. The average molecular weight is 390 g/mol. The molecule has 0 amide bonds. The van der Waals surface area contributed by atoms with Crippen LogP contribution >= 0.6 is 0 Å². The Kier molecular flexibility index (Phi) is 4.53. The molecule has 1 atom stereocenters. The third-order valence-corrected chi connectivity index (χ3v) is 6.17. The van der Waals surface area contributed by atoms with Gasteiger partial charge in [-0.1, -0.05) is 24.3 Å². The van der Waals surface area contributed by atoms with Gasteiger partial charge in [0.25, 0.3) is 0 Å². The van der Waals surface area contributed by atoms with E-state index in [1.54, 1.807) is 0 Å². The minimum Gasteiger partial charge on any atom is -0.371 e. The van der Waals surface area contributed by atoms with Crippen LogP contribution in [0.5, 0.6) is 0 Å². The molecule has 6 heteroatoms. The third-order valence-electron chi connectivity index (χ3n) is 6.17. The molecule has 1 aliphatic carbocycles. The molecule has 0 bridgehead atoms. The molecule has 3 aliphatic rings. The number of aliphatic hydroxyl groups is 1. The number of hydrogen-bond donors (Lipinski definition) is 3. The first-order valence-electron chi connectivity index (χ1n) is 10.3. The highest BCUT2D eigenvalue weighted by Crippen LogP contribution is 2.33. The van der Waals surface area contributed by atoms with Crippen molar-refractivity contribution in [1.29, 1.82) is 0 Å². The summed E-state index contributed by atoms with van der Waals surface area (Å²) in [5.41, 5.74) is 5.84. The van der Waals surface area contributed by atoms with E-state index in [9.17, 15) is 5.11 Å². The van der Waals surface area contributed by atoms with Crippen LogP contribution in [0.15, 0.2) is 59.8 Å². The lowest BCUT2D eigenvalue weighted by Gasteiger charge is -2.36. The number of imidazole rings is 1. The lowest BCUT2D eigenvalue weighted by Crippen LogP contribution is -2.41. The van der Waals surface area contributed by atoms with E-state index in [1.807, 2.05) is 30.4 Å². The van der Waals surface area contributed by atoms with Crippen molar-refractivity contribution < 1.29 is 5.11 Å². The molecule has 2 aliphatic heterocycles. The van der Waals surface area contributed by atoms with Gasteiger partial charge in [-0.25, -0.2) is 4.98 Å². The van der Waals surface area contributed by atoms with Gasteiger partial charge in [0.05, 0.1) is 16.6 Å². The summed E-state index contributed by atoms with van der Waals surface area (Å²) in [4.78, 5) is 13.0. The summed E-state index contributed by atoms with van der Waals surface area (Å²) in [5.74, 6) is 0.716. The summed E-state index contributed by atoms with van der Waals surface area (Å²) in [6.45, 7) is 2.14. The number of benzene rings is 1. The van der Waals surface area contributed by atoms with Gasteiger partial charge >= 0.3 is 0 Å². The van der Waals surface area contributed by atoms with Crippen LogP contribution in [0.1, 0.15) is 18.7 Å². The topological polar surface area (TPSA) is 67.4 Å². The minimum absolute atomic E-state index is 0.669. The van der Waals surface area contributed by atoms with E-state index in [0.29, 0.717) is 11.9 Å². The quantitative estimate of drug-likeness (QED) is 0.753. The number of fused-ring (bicyclic) bond motifs is 2. The van der Waals surface area contributed by atoms with E-state index < -0.39 is 6.23 Å². The summed E-state index contributed by atoms with van der Waals surface area (Å²) >= 11 is 0. The highest BCUT2D eigenvalue weighted by atomic mass is 16.3. The maximum Gasteiger partial charge on any atom is 0.155 e. The zero-order valence-corrected chi connectivity index (χ0v) is 16.9. The number of aromatic amines is 1. The van der Waals surface area contributed by atoms with Gasteiger partial charge < -0.3 is 25.2 Å². The lowest BCUT2D eigenvalue weighted by molar-refractivity contribution is 0.214. The molecule has 6 nitrogen and oxygen atoms in total. The molecule has 1 fully saturated rings. The molecule has 0 spiro atoms. The number of aliphatic hydroxyl groups excluding tert-OH is 1. The van der Waals surface area contributed by atoms with Crippen LogP contribution in [0.3, 0.4) is 0 Å². The number of anilines is 1. The van der Waals surface area contributed by atoms with Crippen molar-refractivity contribution in [3.63, 3.8) is 0 Å². The number of rotatable bonds is 3. The molecule has 1 aromatic carbocycles. The Morgan fingerprint density at radius 1 is 1.14 bits per heavy atom. The molecular weight excluding hydrogens is 362 g/mol. The molecule has 1 saturated heterocycles. The molecule has 150 valence electrons. The van der Waals surface area contributed by atoms with Gasteiger partial charge in [0.2, 0.25) is 0 Å². The van der Waals surface area contributed by atoms with Gasteiger partial charge in [-0.05, 0) is 51.2 Å². The molecular formula is C23H27N5O. The largest absolute Gasteiger partial charge is 0.371 e. The highest BCUT2D eigenvalue weighted by Gasteiger charge is 2.29. The molecule has 5 rings (SSSR count). The van der Waals surface area contributed by atoms with Crippen LogP contribution in [0.4, 0.5) is 5.69 Å². The Hall–Kier alpha value is -2.83. The second-order valence-electron chi connectivity index (χ2n) is 8.17. The van der Waals surface area contributed by atoms with Crippen LogP contribution in [-0.4, -0.2) is 59.4 Å². The fraction of sp³-hybridized carbons (Fsp3) is 0.348. The highest BCUT2D eigenvalue weighted by molar-refractivity contribution is 5.86. The Balaban J connectivity index is 1.46. The first-order chi connectivity index (χ1) is 14.1. The number of allylic oxidation sites excluding steroid dienone is 5. The first-order valence-corrected chi connectivity index (χ1v) is 10.3. The minimum atomic E-state index is -0.766. The SMILES string of the molecule is CN(C)C1CCN(c2ccc3nc(C4=C5C=CC=CC=C5NC4O)[nH]c3c2)CC1. The van der Waals surface area contributed by atoms with Crippen molar-refractivity contribution in [2.75, 3.05) is 32.1 Å². The summed E-state index contributed by atoms with van der Waals surface area (Å²) < 4.78 is 0. The predicted octanol–water partition coefficient (Wildman–Crippen LogP) is 2.78. The number of hydrogen-bond acceptors (Lipinski definition) is 5. The summed E-state index contributed by atoms with van der Waals surface area (Å²) in [6, 6.07) is 7.08. The monoisotopic (exact) mass is 389 g/mol. The van der Waals surface area contributed by atoms with Crippen LogP contribution in [-0.2, 0) is 0 Å². The normalized spacial score (nSPS) is 22.3. The van der Waals surface area contributed by atoms with E-state index >= 15 is 0 Å². The van der Waals surface area contributed by atoms with Gasteiger partial charge in [0.1, 0.15) is 5.82 Å². The van der Waals surface area contributed by atoms with Crippen molar-refractivity contribution in [3.05, 3.63) is 65.7 Å². The number of aromatic nitrogens is 2. The standard InChI is InChI=1S/C23H27N5O/c1-27(2)15-10-12-28(13-11-15)16-8-9-19-20(14-16)25-22(24-19)21-17-6-4-3-5-7-18(17)26-23(21)29/h3-9,14-15,23,26,29H,10-13H2,1-2H3,(H,24,25). The average Bonchev–Trinajstić information content (AvgIpc) is 3.19. The maximum absolute atomic E-state index is 10.6. The number of H-pyrrole nitrogens is 1. The third kappa shape index (κ3) is 3.28. The van der Waals surface area contributed by atoms with Crippen molar-refractivity contribution in [3.8, 4) is 0 Å². The van der Waals surface area contributed by atoms with Gasteiger partial charge in [0.15, 0.2) is 6.23 Å². The smallest absolute Gasteiger partial charge is 0.155 e. The van der Waals surface area contributed by atoms with Crippen molar-refractivity contribution in [1.82, 2.24) is 20.2 Å². The zero-order valence-electron chi connectivity index (χ0n) is 16.9. The Labute approximate surface area is 170 Å². The molecule has 3 N–H and O–H groups in total. The van der Waals surface area contributed by atoms with Gasteiger partial charge in [0, 0.05) is 36.1 Å². The first kappa shape index (κ1) is 18.2. The van der Waals surface area contributed by atoms with Gasteiger partial charge in [-0.3, -0.25) is 0 Å². The molecule has 0 radical (unpaired) electrons. The summed E-state index contributed by atoms with van der Waals surface area (Å²) in [6.07, 6.45) is 11.5. The van der Waals surface area contributed by atoms with Crippen molar-refractivity contribution in [2.45, 2.75) is 25.1 Å². The second-order valence-corrected chi connectivity index (χ2v) is 8.17. The fourth-order valence-electron chi connectivity index (χ4n) is 4.49. The van der Waals surface area contributed by atoms with E-state index in [0.717, 1.165) is 41.0 Å². The predicted molar refractivity (Wildman–Crippen MR) is 117 cm³/mol. The molecule has 0 saturated carbocycles. The van der Waals surface area contributed by atoms with Gasteiger partial charge in [-0.2, -0.15) is 0 Å². The van der Waals surface area contributed by atoms with Crippen LogP contribution in [0, 0.1) is 0 Å². The summed E-state index contributed by atoms with van der Waals surface area (Å²) in [5, 5.41) is 13.7. The molecule has 1 unspecified atom stereocenters. The van der Waals surface area contributed by atoms with E-state index in [1.165, 1.54) is 18.5 Å². The Bertz CT molecular complexity index is 1050. The van der Waals surface area contributed by atoms with Crippen LogP contribution < -0.4 is 10.2 Å². The lowest BCUT2D eigenvalue weighted by atomic mass is 10.0. The van der Waals surface area contributed by atoms with Crippen molar-refractivity contribution in [2.24, 2.45) is 0 Å². The van der Waals surface area contributed by atoms with E-state index in [2.05, 4.69) is 52.4 Å². The number of piperidine rings is 1. The van der Waals surface area contributed by atoms with Crippen molar-refractivity contribution >= 4 is 22.3 Å². The van der Waals surface area contributed by atoms with Crippen LogP contribution in [0.2, 0.25) is 0 Å². The van der Waals surface area contributed by atoms with E-state index in [-0.39, 0.29) is 0 Å².